The van der Waals surface area contributed by atoms with Crippen LogP contribution in [0.5, 0.6) is 0 Å². The normalized spacial score (nSPS) is 10.3. The summed E-state index contributed by atoms with van der Waals surface area (Å²) in [6.45, 7) is 1.99. The van der Waals surface area contributed by atoms with Crippen molar-refractivity contribution >= 4 is 29.1 Å². The van der Waals surface area contributed by atoms with E-state index >= 15 is 0 Å². The zero-order valence-electron chi connectivity index (χ0n) is 15.4. The summed E-state index contributed by atoms with van der Waals surface area (Å²) in [4.78, 5) is 28.0. The van der Waals surface area contributed by atoms with Crippen LogP contribution < -0.4 is 10.6 Å². The Morgan fingerprint density at radius 1 is 0.966 bits per heavy atom. The summed E-state index contributed by atoms with van der Waals surface area (Å²) in [5, 5.41) is 5.22. The molecule has 0 spiro atoms. The molecule has 1 aromatic heterocycles. The van der Waals surface area contributed by atoms with Gasteiger partial charge in [-0.3, -0.25) is 4.79 Å². The number of benzene rings is 2. The van der Waals surface area contributed by atoms with Crippen molar-refractivity contribution < 1.29 is 23.1 Å². The van der Waals surface area contributed by atoms with Crippen molar-refractivity contribution in [2.24, 2.45) is 0 Å². The minimum absolute atomic E-state index is 0.185. The summed E-state index contributed by atoms with van der Waals surface area (Å²) >= 11 is 0. The Labute approximate surface area is 165 Å². The summed E-state index contributed by atoms with van der Waals surface area (Å²) in [7, 11) is 0. The Kier molecular flexibility index (Phi) is 6.13. The number of para-hydroxylation sites is 1. The van der Waals surface area contributed by atoms with Crippen molar-refractivity contribution in [3.05, 3.63) is 83.6 Å². The Balaban J connectivity index is 1.65. The number of hydrogen-bond acceptors (Lipinski definition) is 5. The highest BCUT2D eigenvalue weighted by atomic mass is 19.1. The number of halogens is 2. The lowest BCUT2D eigenvalue weighted by Crippen LogP contribution is -2.13. The summed E-state index contributed by atoms with van der Waals surface area (Å²) < 4.78 is 32.3. The van der Waals surface area contributed by atoms with Gasteiger partial charge in [-0.15, -0.1) is 0 Å². The van der Waals surface area contributed by atoms with Crippen LogP contribution in [-0.2, 0) is 4.74 Å². The van der Waals surface area contributed by atoms with Crippen LogP contribution in [0.25, 0.3) is 0 Å². The summed E-state index contributed by atoms with van der Waals surface area (Å²) in [5.41, 5.74) is 0.791. The van der Waals surface area contributed by atoms with Crippen molar-refractivity contribution in [3.63, 3.8) is 0 Å². The SMILES string of the molecule is CCOC(=O)c1ccc(NC(=O)c2ccc(Nc3c(F)cccc3F)nc2)cc1. The highest BCUT2D eigenvalue weighted by Gasteiger charge is 2.11. The first kappa shape index (κ1) is 19.9. The van der Waals surface area contributed by atoms with Crippen molar-refractivity contribution in [2.75, 3.05) is 17.2 Å². The lowest BCUT2D eigenvalue weighted by Gasteiger charge is -2.09. The van der Waals surface area contributed by atoms with Crippen LogP contribution in [0.2, 0.25) is 0 Å². The highest BCUT2D eigenvalue weighted by molar-refractivity contribution is 6.04. The van der Waals surface area contributed by atoms with E-state index in [4.69, 9.17) is 4.74 Å². The molecule has 0 atom stereocenters. The number of amides is 1. The van der Waals surface area contributed by atoms with Gasteiger partial charge in [0.05, 0.1) is 17.7 Å². The second-order valence-electron chi connectivity index (χ2n) is 5.91. The van der Waals surface area contributed by atoms with Gasteiger partial charge in [-0.2, -0.15) is 0 Å². The van der Waals surface area contributed by atoms with Crippen LogP contribution in [0.4, 0.5) is 26.0 Å². The van der Waals surface area contributed by atoms with Crippen molar-refractivity contribution in [1.82, 2.24) is 4.98 Å². The van der Waals surface area contributed by atoms with Gasteiger partial charge in [-0.1, -0.05) is 6.07 Å². The number of carbonyl (C=O) groups excluding carboxylic acids is 2. The monoisotopic (exact) mass is 397 g/mol. The van der Waals surface area contributed by atoms with E-state index in [1.807, 2.05) is 0 Å². The predicted molar refractivity (Wildman–Crippen MR) is 104 cm³/mol. The highest BCUT2D eigenvalue weighted by Crippen LogP contribution is 2.22. The summed E-state index contributed by atoms with van der Waals surface area (Å²) in [6.07, 6.45) is 1.28. The van der Waals surface area contributed by atoms with Crippen molar-refractivity contribution in [1.29, 1.82) is 0 Å². The molecule has 8 heteroatoms. The number of carbonyl (C=O) groups is 2. The zero-order chi connectivity index (χ0) is 20.8. The molecule has 0 fully saturated rings. The number of rotatable bonds is 6. The van der Waals surface area contributed by atoms with Gasteiger partial charge in [0.25, 0.3) is 5.91 Å². The third kappa shape index (κ3) is 4.92. The van der Waals surface area contributed by atoms with Gasteiger partial charge in [0.2, 0.25) is 0 Å². The summed E-state index contributed by atoms with van der Waals surface area (Å²) in [5.74, 6) is -2.18. The molecule has 6 nitrogen and oxygen atoms in total. The molecule has 0 saturated heterocycles. The topological polar surface area (TPSA) is 80.3 Å². The molecular formula is C21H17F2N3O3. The van der Waals surface area contributed by atoms with E-state index < -0.39 is 23.5 Å². The third-order valence-electron chi connectivity index (χ3n) is 3.90. The number of anilines is 3. The third-order valence-corrected chi connectivity index (χ3v) is 3.90. The maximum absolute atomic E-state index is 13.7. The Morgan fingerprint density at radius 3 is 2.21 bits per heavy atom. The first-order valence-corrected chi connectivity index (χ1v) is 8.73. The minimum Gasteiger partial charge on any atom is -0.462 e. The molecule has 3 rings (SSSR count). The molecule has 1 heterocycles. The molecule has 0 aliphatic rings. The number of nitrogens with one attached hydrogen (secondary N) is 2. The maximum Gasteiger partial charge on any atom is 0.338 e. The zero-order valence-corrected chi connectivity index (χ0v) is 15.4. The first-order chi connectivity index (χ1) is 14.0. The van der Waals surface area contributed by atoms with E-state index in [9.17, 15) is 18.4 Å². The van der Waals surface area contributed by atoms with Crippen LogP contribution in [0.1, 0.15) is 27.6 Å². The van der Waals surface area contributed by atoms with E-state index in [1.54, 1.807) is 31.2 Å². The van der Waals surface area contributed by atoms with Gasteiger partial charge >= 0.3 is 5.97 Å². The lowest BCUT2D eigenvalue weighted by molar-refractivity contribution is 0.0526. The van der Waals surface area contributed by atoms with E-state index in [2.05, 4.69) is 15.6 Å². The number of esters is 1. The van der Waals surface area contributed by atoms with Gasteiger partial charge < -0.3 is 15.4 Å². The van der Waals surface area contributed by atoms with E-state index in [-0.39, 0.29) is 23.7 Å². The molecule has 2 aromatic carbocycles. The molecule has 0 aliphatic heterocycles. The quantitative estimate of drug-likeness (QED) is 0.598. The van der Waals surface area contributed by atoms with Crippen molar-refractivity contribution in [2.45, 2.75) is 6.92 Å². The number of aromatic nitrogens is 1. The van der Waals surface area contributed by atoms with E-state index in [0.29, 0.717) is 11.3 Å². The molecule has 0 saturated carbocycles. The van der Waals surface area contributed by atoms with Crippen LogP contribution in [0.3, 0.4) is 0 Å². The fourth-order valence-electron chi connectivity index (χ4n) is 2.45. The van der Waals surface area contributed by atoms with Crippen LogP contribution in [0.15, 0.2) is 60.8 Å². The van der Waals surface area contributed by atoms with Gasteiger partial charge in [-0.05, 0) is 55.5 Å². The number of hydrogen-bond donors (Lipinski definition) is 2. The van der Waals surface area contributed by atoms with Gasteiger partial charge in [-0.25, -0.2) is 18.6 Å². The largest absolute Gasteiger partial charge is 0.462 e. The average molecular weight is 397 g/mol. The Hall–Kier alpha value is -3.81. The molecule has 3 aromatic rings. The van der Waals surface area contributed by atoms with Crippen LogP contribution in [-0.4, -0.2) is 23.5 Å². The fraction of sp³-hybridized carbons (Fsp3) is 0.0952. The summed E-state index contributed by atoms with van der Waals surface area (Å²) in [6, 6.07) is 12.7. The van der Waals surface area contributed by atoms with E-state index in [1.165, 1.54) is 24.4 Å². The first-order valence-electron chi connectivity index (χ1n) is 8.73. The standard InChI is InChI=1S/C21H17F2N3O3/c1-2-29-21(28)13-6-9-15(10-7-13)25-20(27)14-8-11-18(24-12-14)26-19-16(22)4-3-5-17(19)23/h3-12H,2H2,1H3,(H,24,26)(H,25,27). The number of pyridine rings is 1. The smallest absolute Gasteiger partial charge is 0.338 e. The molecule has 0 unspecified atom stereocenters. The molecule has 148 valence electrons. The molecule has 0 bridgehead atoms. The molecule has 29 heavy (non-hydrogen) atoms. The fourth-order valence-corrected chi connectivity index (χ4v) is 2.45. The van der Waals surface area contributed by atoms with Gasteiger partial charge in [0.15, 0.2) is 0 Å². The predicted octanol–water partition coefficient (Wildman–Crippen LogP) is 4.53. The molecule has 0 aliphatic carbocycles. The van der Waals surface area contributed by atoms with Gasteiger partial charge in [0.1, 0.15) is 23.1 Å². The van der Waals surface area contributed by atoms with Crippen LogP contribution in [0, 0.1) is 11.6 Å². The molecule has 2 N–H and O–H groups in total. The average Bonchev–Trinajstić information content (AvgIpc) is 2.72. The number of nitrogens with zero attached hydrogens (tertiary/aromatic N) is 1. The Bertz CT molecular complexity index is 1000. The Morgan fingerprint density at radius 2 is 1.62 bits per heavy atom. The minimum atomic E-state index is -0.750. The van der Waals surface area contributed by atoms with Crippen molar-refractivity contribution in [3.8, 4) is 0 Å². The van der Waals surface area contributed by atoms with Gasteiger partial charge in [0, 0.05) is 11.9 Å². The van der Waals surface area contributed by atoms with E-state index in [0.717, 1.165) is 12.1 Å². The number of ether oxygens (including phenoxy) is 1. The second kappa shape index (κ2) is 8.92. The maximum atomic E-state index is 13.7. The molecule has 0 radical (unpaired) electrons. The lowest BCUT2D eigenvalue weighted by atomic mass is 10.2. The molecular weight excluding hydrogens is 380 g/mol. The van der Waals surface area contributed by atoms with Crippen LogP contribution >= 0.6 is 0 Å². The molecule has 1 amide bonds. The second-order valence-corrected chi connectivity index (χ2v) is 5.91.